The molecule has 24 heavy (non-hydrogen) atoms. The van der Waals surface area contributed by atoms with E-state index in [9.17, 15) is 0 Å². The van der Waals surface area contributed by atoms with Gasteiger partial charge in [0.25, 0.3) is 0 Å². The molecule has 4 heteroatoms. The molecule has 4 rings (SSSR count). The molecule has 0 bridgehead atoms. The zero-order valence-electron chi connectivity index (χ0n) is 13.7. The Bertz CT molecular complexity index is 812. The van der Waals surface area contributed by atoms with E-state index in [0.29, 0.717) is 11.9 Å². The minimum absolute atomic E-state index is 0.448. The molecule has 1 saturated heterocycles. The predicted molar refractivity (Wildman–Crippen MR) is 99.3 cm³/mol. The number of fused-ring (bicyclic) bond motifs is 1. The molecule has 1 aliphatic rings. The second kappa shape index (κ2) is 6.96. The maximum Gasteiger partial charge on any atom is 0.125 e. The van der Waals surface area contributed by atoms with Crippen LogP contribution in [0.3, 0.4) is 0 Å². The van der Waals surface area contributed by atoms with E-state index in [4.69, 9.17) is 16.6 Å². The van der Waals surface area contributed by atoms with Crippen LogP contribution in [0.4, 0.5) is 0 Å². The van der Waals surface area contributed by atoms with Gasteiger partial charge in [0.2, 0.25) is 0 Å². The van der Waals surface area contributed by atoms with Crippen LogP contribution >= 0.6 is 11.6 Å². The number of para-hydroxylation sites is 2. The van der Waals surface area contributed by atoms with Gasteiger partial charge in [-0.1, -0.05) is 42.5 Å². The van der Waals surface area contributed by atoms with E-state index in [0.717, 1.165) is 31.0 Å². The Kier molecular flexibility index (Phi) is 4.54. The van der Waals surface area contributed by atoms with E-state index in [1.165, 1.54) is 23.9 Å². The van der Waals surface area contributed by atoms with Gasteiger partial charge < -0.3 is 4.57 Å². The number of nitrogens with zero attached hydrogens (tertiary/aromatic N) is 3. The number of rotatable bonds is 4. The van der Waals surface area contributed by atoms with Crippen LogP contribution in [0.25, 0.3) is 11.0 Å². The van der Waals surface area contributed by atoms with Gasteiger partial charge in [0.1, 0.15) is 5.82 Å². The average molecular weight is 340 g/mol. The molecule has 124 valence electrons. The number of aromatic nitrogens is 2. The molecule has 0 amide bonds. The van der Waals surface area contributed by atoms with Crippen LogP contribution in [0.1, 0.15) is 30.3 Å². The highest BCUT2D eigenvalue weighted by molar-refractivity contribution is 6.16. The van der Waals surface area contributed by atoms with Crippen LogP contribution < -0.4 is 0 Å². The summed E-state index contributed by atoms with van der Waals surface area (Å²) in [6.45, 7) is 3.23. The van der Waals surface area contributed by atoms with Gasteiger partial charge >= 0.3 is 0 Å². The fourth-order valence-electron chi connectivity index (χ4n) is 3.82. The summed E-state index contributed by atoms with van der Waals surface area (Å²) >= 11 is 6.19. The second-order valence-electron chi connectivity index (χ2n) is 6.54. The van der Waals surface area contributed by atoms with E-state index in [1.54, 1.807) is 0 Å². The standard InChI is InChI=1S/C20H22ClN3/c21-13-20-22-18-10-4-5-11-19(18)24(20)17-9-6-12-23(15-17)14-16-7-2-1-3-8-16/h1-5,7-8,10-11,17H,6,9,12-15H2. The van der Waals surface area contributed by atoms with Gasteiger partial charge in [-0.05, 0) is 37.1 Å². The number of likely N-dealkylation sites (tertiary alicyclic amines) is 1. The lowest BCUT2D eigenvalue weighted by Gasteiger charge is -2.34. The summed E-state index contributed by atoms with van der Waals surface area (Å²) in [6, 6.07) is 19.5. The summed E-state index contributed by atoms with van der Waals surface area (Å²) in [6.07, 6.45) is 2.40. The van der Waals surface area contributed by atoms with Crippen molar-refractivity contribution in [2.45, 2.75) is 31.3 Å². The number of hydrogen-bond donors (Lipinski definition) is 0. The van der Waals surface area contributed by atoms with Crippen LogP contribution in [0.15, 0.2) is 54.6 Å². The highest BCUT2D eigenvalue weighted by Crippen LogP contribution is 2.29. The van der Waals surface area contributed by atoms with E-state index >= 15 is 0 Å². The molecule has 1 fully saturated rings. The highest BCUT2D eigenvalue weighted by Gasteiger charge is 2.24. The third kappa shape index (κ3) is 3.06. The Morgan fingerprint density at radius 2 is 1.83 bits per heavy atom. The molecule has 0 aliphatic carbocycles. The lowest BCUT2D eigenvalue weighted by Crippen LogP contribution is -2.36. The summed E-state index contributed by atoms with van der Waals surface area (Å²) in [5.41, 5.74) is 3.64. The van der Waals surface area contributed by atoms with Crippen molar-refractivity contribution in [3.63, 3.8) is 0 Å². The largest absolute Gasteiger partial charge is 0.323 e. The number of halogens is 1. The molecular formula is C20H22ClN3. The Labute approximate surface area is 147 Å². The average Bonchev–Trinajstić information content (AvgIpc) is 3.01. The van der Waals surface area contributed by atoms with Crippen LogP contribution in [0.2, 0.25) is 0 Å². The SMILES string of the molecule is ClCc1nc2ccccc2n1C1CCCN(Cc2ccccc2)C1. The van der Waals surface area contributed by atoms with Crippen LogP contribution in [-0.4, -0.2) is 27.5 Å². The summed E-state index contributed by atoms with van der Waals surface area (Å²) in [5, 5.41) is 0. The van der Waals surface area contributed by atoms with E-state index in [1.807, 2.05) is 6.07 Å². The summed E-state index contributed by atoms with van der Waals surface area (Å²) in [5.74, 6) is 1.45. The van der Waals surface area contributed by atoms with Crippen LogP contribution in [0, 0.1) is 0 Å². The molecule has 0 spiro atoms. The Balaban J connectivity index is 1.60. The molecule has 0 radical (unpaired) electrons. The van der Waals surface area contributed by atoms with E-state index in [-0.39, 0.29) is 0 Å². The monoisotopic (exact) mass is 339 g/mol. The number of alkyl halides is 1. The number of piperidine rings is 1. The quantitative estimate of drug-likeness (QED) is 0.647. The lowest BCUT2D eigenvalue weighted by atomic mass is 10.0. The van der Waals surface area contributed by atoms with Gasteiger partial charge in [-0.25, -0.2) is 4.98 Å². The van der Waals surface area contributed by atoms with E-state index < -0.39 is 0 Å². The number of imidazole rings is 1. The topological polar surface area (TPSA) is 21.1 Å². The van der Waals surface area contributed by atoms with Crippen molar-refractivity contribution in [1.29, 1.82) is 0 Å². The van der Waals surface area contributed by atoms with Gasteiger partial charge in [0, 0.05) is 19.1 Å². The molecule has 3 aromatic rings. The molecule has 2 aromatic carbocycles. The fraction of sp³-hybridized carbons (Fsp3) is 0.350. The molecule has 1 unspecified atom stereocenters. The fourth-order valence-corrected chi connectivity index (χ4v) is 4.01. The predicted octanol–water partition coefficient (Wildman–Crippen LogP) is 4.61. The van der Waals surface area contributed by atoms with Gasteiger partial charge in [0.05, 0.1) is 16.9 Å². The smallest absolute Gasteiger partial charge is 0.125 e. The molecule has 0 N–H and O–H groups in total. The van der Waals surface area contributed by atoms with Gasteiger partial charge in [-0.15, -0.1) is 11.6 Å². The molecule has 0 saturated carbocycles. The molecular weight excluding hydrogens is 318 g/mol. The van der Waals surface area contributed by atoms with Gasteiger partial charge in [-0.3, -0.25) is 4.90 Å². The molecule has 2 heterocycles. The van der Waals surface area contributed by atoms with Crippen molar-refractivity contribution < 1.29 is 0 Å². The molecule has 1 aliphatic heterocycles. The lowest BCUT2D eigenvalue weighted by molar-refractivity contribution is 0.171. The van der Waals surface area contributed by atoms with Gasteiger partial charge in [0.15, 0.2) is 0 Å². The van der Waals surface area contributed by atoms with Crippen molar-refractivity contribution in [2.75, 3.05) is 13.1 Å². The normalized spacial score (nSPS) is 19.0. The Morgan fingerprint density at radius 3 is 2.67 bits per heavy atom. The third-order valence-electron chi connectivity index (χ3n) is 4.88. The van der Waals surface area contributed by atoms with Gasteiger partial charge in [-0.2, -0.15) is 0 Å². The number of hydrogen-bond acceptors (Lipinski definition) is 2. The zero-order chi connectivity index (χ0) is 16.4. The maximum absolute atomic E-state index is 6.19. The summed E-state index contributed by atoms with van der Waals surface area (Å²) in [4.78, 5) is 7.28. The third-order valence-corrected chi connectivity index (χ3v) is 5.12. The van der Waals surface area contributed by atoms with Crippen molar-refractivity contribution >= 4 is 22.6 Å². The first-order valence-corrected chi connectivity index (χ1v) is 9.16. The van der Waals surface area contributed by atoms with Crippen molar-refractivity contribution in [1.82, 2.24) is 14.5 Å². The first-order chi connectivity index (χ1) is 11.8. The minimum Gasteiger partial charge on any atom is -0.323 e. The van der Waals surface area contributed by atoms with Crippen LogP contribution in [0.5, 0.6) is 0 Å². The summed E-state index contributed by atoms with van der Waals surface area (Å²) < 4.78 is 2.37. The van der Waals surface area contributed by atoms with Crippen LogP contribution in [-0.2, 0) is 12.4 Å². The Hall–Kier alpha value is -1.84. The minimum atomic E-state index is 0.448. The Morgan fingerprint density at radius 1 is 1.04 bits per heavy atom. The van der Waals surface area contributed by atoms with Crippen molar-refractivity contribution in [3.8, 4) is 0 Å². The van der Waals surface area contributed by atoms with Crippen molar-refractivity contribution in [3.05, 3.63) is 66.0 Å². The first kappa shape index (κ1) is 15.7. The number of benzene rings is 2. The maximum atomic E-state index is 6.19. The highest BCUT2D eigenvalue weighted by atomic mass is 35.5. The molecule has 1 aromatic heterocycles. The van der Waals surface area contributed by atoms with Crippen molar-refractivity contribution in [2.24, 2.45) is 0 Å². The van der Waals surface area contributed by atoms with E-state index in [2.05, 4.69) is 58.0 Å². The first-order valence-electron chi connectivity index (χ1n) is 8.63. The molecule has 1 atom stereocenters. The zero-order valence-corrected chi connectivity index (χ0v) is 14.5. The molecule has 3 nitrogen and oxygen atoms in total. The second-order valence-corrected chi connectivity index (χ2v) is 6.80. The summed E-state index contributed by atoms with van der Waals surface area (Å²) in [7, 11) is 0.